The van der Waals surface area contributed by atoms with Crippen molar-refractivity contribution in [2.24, 2.45) is 0 Å². The third-order valence-corrected chi connectivity index (χ3v) is 4.46. The fourth-order valence-corrected chi connectivity index (χ4v) is 3.37. The molecule has 0 aliphatic carbocycles. The third kappa shape index (κ3) is 2.77. The molecule has 3 amide bonds. The summed E-state index contributed by atoms with van der Waals surface area (Å²) in [7, 11) is 1.25. The van der Waals surface area contributed by atoms with Crippen LogP contribution < -0.4 is 10.6 Å². The second-order valence-corrected chi connectivity index (χ2v) is 6.59. The van der Waals surface area contributed by atoms with Crippen LogP contribution in [0.4, 0.5) is 4.79 Å². The highest BCUT2D eigenvalue weighted by Gasteiger charge is 2.43. The van der Waals surface area contributed by atoms with Crippen molar-refractivity contribution in [1.29, 1.82) is 0 Å². The summed E-state index contributed by atoms with van der Waals surface area (Å²) in [5.74, 6) is -1.10. The minimum absolute atomic E-state index is 0.0497. The summed E-state index contributed by atoms with van der Waals surface area (Å²) in [4.78, 5) is 38.6. The van der Waals surface area contributed by atoms with E-state index in [-0.39, 0.29) is 17.3 Å². The zero-order chi connectivity index (χ0) is 17.4. The van der Waals surface area contributed by atoms with Crippen molar-refractivity contribution in [2.75, 3.05) is 13.7 Å². The molecule has 1 fully saturated rings. The van der Waals surface area contributed by atoms with Gasteiger partial charge in [-0.25, -0.2) is 9.59 Å². The minimum atomic E-state index is -0.757. The number of carbonyl (C=O) groups excluding carboxylic acids is 3. The van der Waals surface area contributed by atoms with Gasteiger partial charge in [0.1, 0.15) is 5.70 Å². The Morgan fingerprint density at radius 3 is 2.75 bits per heavy atom. The predicted octanol–water partition coefficient (Wildman–Crippen LogP) is 1.46. The van der Waals surface area contributed by atoms with E-state index in [2.05, 4.69) is 26.6 Å². The Bertz CT molecular complexity index is 761. The van der Waals surface area contributed by atoms with Gasteiger partial charge in [0, 0.05) is 17.1 Å². The molecule has 0 unspecified atom stereocenters. The van der Waals surface area contributed by atoms with Crippen molar-refractivity contribution in [3.8, 4) is 0 Å². The number of hydrogen-bond donors (Lipinski definition) is 2. The van der Waals surface area contributed by atoms with E-state index in [0.717, 1.165) is 4.47 Å². The Kier molecular flexibility index (Phi) is 4.31. The molecule has 0 spiro atoms. The van der Waals surface area contributed by atoms with Gasteiger partial charge in [-0.15, -0.1) is 0 Å². The van der Waals surface area contributed by atoms with Crippen LogP contribution in [0.2, 0.25) is 0 Å². The van der Waals surface area contributed by atoms with E-state index in [4.69, 9.17) is 4.74 Å². The molecule has 0 bridgehead atoms. The van der Waals surface area contributed by atoms with Crippen LogP contribution in [0.5, 0.6) is 0 Å². The van der Waals surface area contributed by atoms with Crippen molar-refractivity contribution in [1.82, 2.24) is 15.5 Å². The number of piperazine rings is 1. The van der Waals surface area contributed by atoms with E-state index < -0.39 is 23.9 Å². The van der Waals surface area contributed by atoms with Crippen LogP contribution in [0.15, 0.2) is 40.0 Å². The highest BCUT2D eigenvalue weighted by atomic mass is 79.9. The molecule has 2 atom stereocenters. The quantitative estimate of drug-likeness (QED) is 0.744. The zero-order valence-electron chi connectivity index (χ0n) is 13.1. The number of urea groups is 1. The minimum Gasteiger partial charge on any atom is -0.466 e. The lowest BCUT2D eigenvalue weighted by Crippen LogP contribution is -2.59. The van der Waals surface area contributed by atoms with Crippen molar-refractivity contribution < 1.29 is 19.1 Å². The van der Waals surface area contributed by atoms with Crippen LogP contribution in [0.1, 0.15) is 18.5 Å². The number of nitrogens with zero attached hydrogens (tertiary/aromatic N) is 1. The number of ether oxygens (including phenoxy) is 1. The van der Waals surface area contributed by atoms with Crippen LogP contribution in [-0.4, -0.2) is 42.5 Å². The normalized spacial score (nSPS) is 23.4. The molecule has 7 nitrogen and oxygen atoms in total. The number of hydrogen-bond acceptors (Lipinski definition) is 4. The topological polar surface area (TPSA) is 87.7 Å². The molecule has 1 saturated heterocycles. The van der Waals surface area contributed by atoms with Gasteiger partial charge in [0.05, 0.1) is 18.7 Å². The van der Waals surface area contributed by atoms with Crippen LogP contribution >= 0.6 is 15.9 Å². The van der Waals surface area contributed by atoms with Crippen LogP contribution in [0.3, 0.4) is 0 Å². The summed E-state index contributed by atoms with van der Waals surface area (Å²) in [6, 6.07) is 5.82. The molecule has 0 aromatic heterocycles. The molecule has 8 heteroatoms. The Morgan fingerprint density at radius 2 is 2.08 bits per heavy atom. The maximum absolute atomic E-state index is 12.5. The van der Waals surface area contributed by atoms with E-state index in [1.165, 1.54) is 12.0 Å². The lowest BCUT2D eigenvalue weighted by molar-refractivity contribution is -0.137. The summed E-state index contributed by atoms with van der Waals surface area (Å²) >= 11 is 3.37. The van der Waals surface area contributed by atoms with Gasteiger partial charge in [0.25, 0.3) is 5.91 Å². The fraction of sp³-hybridized carbons (Fsp3) is 0.312. The highest BCUT2D eigenvalue weighted by molar-refractivity contribution is 9.10. The van der Waals surface area contributed by atoms with Crippen molar-refractivity contribution in [2.45, 2.75) is 19.0 Å². The third-order valence-electron chi connectivity index (χ3n) is 3.96. The lowest BCUT2D eigenvalue weighted by Gasteiger charge is -2.40. The lowest BCUT2D eigenvalue weighted by atomic mass is 9.93. The number of rotatable bonds is 2. The van der Waals surface area contributed by atoms with Crippen LogP contribution in [0.25, 0.3) is 0 Å². The SMILES string of the molecule is COC(=O)C1=C2C(=O)N[C@H](C)CN2C(=O)N[C@@H]1c1cccc(Br)c1. The van der Waals surface area contributed by atoms with E-state index in [1.54, 1.807) is 25.1 Å². The van der Waals surface area contributed by atoms with Gasteiger partial charge in [0.2, 0.25) is 0 Å². The summed E-state index contributed by atoms with van der Waals surface area (Å²) in [6.07, 6.45) is 0. The van der Waals surface area contributed by atoms with E-state index in [0.29, 0.717) is 12.1 Å². The van der Waals surface area contributed by atoms with E-state index >= 15 is 0 Å². The maximum atomic E-state index is 12.5. The Hall–Kier alpha value is -2.35. The van der Waals surface area contributed by atoms with Crippen molar-refractivity contribution in [3.05, 3.63) is 45.6 Å². The molecular formula is C16H16BrN3O4. The Labute approximate surface area is 147 Å². The van der Waals surface area contributed by atoms with Gasteiger partial charge in [-0.1, -0.05) is 28.1 Å². The van der Waals surface area contributed by atoms with E-state index in [9.17, 15) is 14.4 Å². The molecule has 2 N–H and O–H groups in total. The number of amides is 3. The molecule has 126 valence electrons. The Balaban J connectivity index is 2.18. The highest BCUT2D eigenvalue weighted by Crippen LogP contribution is 2.33. The monoisotopic (exact) mass is 393 g/mol. The number of halogens is 1. The second kappa shape index (κ2) is 6.27. The molecule has 2 aliphatic heterocycles. The van der Waals surface area contributed by atoms with Gasteiger partial charge in [0.15, 0.2) is 0 Å². The molecule has 1 aromatic carbocycles. The molecule has 0 saturated carbocycles. The first-order valence-corrected chi connectivity index (χ1v) is 8.18. The van der Waals surface area contributed by atoms with Gasteiger partial charge >= 0.3 is 12.0 Å². The average Bonchev–Trinajstić information content (AvgIpc) is 2.54. The van der Waals surface area contributed by atoms with Crippen molar-refractivity contribution in [3.63, 3.8) is 0 Å². The molecule has 2 aliphatic rings. The zero-order valence-corrected chi connectivity index (χ0v) is 14.7. The largest absolute Gasteiger partial charge is 0.466 e. The maximum Gasteiger partial charge on any atom is 0.338 e. The molecule has 3 rings (SSSR count). The first kappa shape index (κ1) is 16.5. The first-order chi connectivity index (χ1) is 11.4. The smallest absolute Gasteiger partial charge is 0.338 e. The van der Waals surface area contributed by atoms with E-state index in [1.807, 2.05) is 6.07 Å². The Morgan fingerprint density at radius 1 is 1.33 bits per heavy atom. The molecule has 0 radical (unpaired) electrons. The number of benzene rings is 1. The summed E-state index contributed by atoms with van der Waals surface area (Å²) in [6.45, 7) is 2.08. The fourth-order valence-electron chi connectivity index (χ4n) is 2.95. The van der Waals surface area contributed by atoms with Crippen molar-refractivity contribution >= 4 is 33.8 Å². The molecule has 24 heavy (non-hydrogen) atoms. The number of fused-ring (bicyclic) bond motifs is 1. The number of carbonyl (C=O) groups is 3. The van der Waals surface area contributed by atoms with Crippen LogP contribution in [-0.2, 0) is 14.3 Å². The second-order valence-electron chi connectivity index (χ2n) is 5.68. The standard InChI is InChI=1S/C16H16BrN3O4/c1-8-7-20-13(14(21)18-8)11(15(22)24-2)12(19-16(20)23)9-4-3-5-10(17)6-9/h3-6,8,12H,7H2,1-2H3,(H,18,21)(H,19,23)/t8-,12-/m1/s1. The molecule has 1 aromatic rings. The van der Waals surface area contributed by atoms with Gasteiger partial charge < -0.3 is 15.4 Å². The average molecular weight is 394 g/mol. The summed E-state index contributed by atoms with van der Waals surface area (Å²) in [5, 5.41) is 5.55. The number of esters is 1. The van der Waals surface area contributed by atoms with Gasteiger partial charge in [-0.3, -0.25) is 9.69 Å². The number of nitrogens with one attached hydrogen (secondary N) is 2. The predicted molar refractivity (Wildman–Crippen MR) is 88.8 cm³/mol. The van der Waals surface area contributed by atoms with Gasteiger partial charge in [-0.2, -0.15) is 0 Å². The molecule has 2 heterocycles. The van der Waals surface area contributed by atoms with Crippen LogP contribution in [0, 0.1) is 0 Å². The summed E-state index contributed by atoms with van der Waals surface area (Å²) in [5.41, 5.74) is 0.852. The molecular weight excluding hydrogens is 378 g/mol. The first-order valence-electron chi connectivity index (χ1n) is 7.39. The van der Waals surface area contributed by atoms with Gasteiger partial charge in [-0.05, 0) is 24.6 Å². The summed E-state index contributed by atoms with van der Waals surface area (Å²) < 4.78 is 5.66. The number of methoxy groups -OCH3 is 1.